The van der Waals surface area contributed by atoms with Gasteiger partial charge in [-0.25, -0.2) is 4.79 Å². The summed E-state index contributed by atoms with van der Waals surface area (Å²) in [6, 6.07) is 15.9. The van der Waals surface area contributed by atoms with Crippen molar-refractivity contribution in [3.63, 3.8) is 0 Å². The van der Waals surface area contributed by atoms with E-state index < -0.39 is 5.54 Å². The Morgan fingerprint density at radius 1 is 1.12 bits per heavy atom. The normalized spacial score (nSPS) is 25.7. The zero-order valence-corrected chi connectivity index (χ0v) is 13.2. The van der Waals surface area contributed by atoms with Gasteiger partial charge in [-0.2, -0.15) is 0 Å². The minimum atomic E-state index is -0.494. The van der Waals surface area contributed by atoms with Crippen LogP contribution in [-0.2, 0) is 15.1 Å². The maximum Gasteiger partial charge on any atom is 0.335 e. The summed E-state index contributed by atoms with van der Waals surface area (Å²) in [5, 5.41) is 0. The summed E-state index contributed by atoms with van der Waals surface area (Å²) in [4.78, 5) is 27.1. The second kappa shape index (κ2) is 4.35. The molecular formula is C20H15NO3. The third kappa shape index (κ3) is 1.35. The number of amides is 1. The molecule has 2 atom stereocenters. The highest BCUT2D eigenvalue weighted by atomic mass is 16.5. The molecule has 0 saturated heterocycles. The Morgan fingerprint density at radius 2 is 1.83 bits per heavy atom. The first kappa shape index (κ1) is 13.5. The SMILES string of the molecule is COC(=O)C1=CN2C(=O)c3ccccc3[C@@]23C[C@@H]1c1ccccc13. The maximum absolute atomic E-state index is 13.0. The molecule has 0 saturated carbocycles. The molecule has 1 aliphatic carbocycles. The maximum atomic E-state index is 13.0. The fourth-order valence-corrected chi connectivity index (χ4v) is 4.63. The lowest BCUT2D eigenvalue weighted by molar-refractivity contribution is -0.136. The number of benzene rings is 2. The van der Waals surface area contributed by atoms with Crippen LogP contribution in [0.25, 0.3) is 0 Å². The van der Waals surface area contributed by atoms with Gasteiger partial charge in [-0.1, -0.05) is 42.5 Å². The van der Waals surface area contributed by atoms with Gasteiger partial charge < -0.3 is 9.64 Å². The molecule has 2 aromatic rings. The van der Waals surface area contributed by atoms with Gasteiger partial charge in [0.15, 0.2) is 0 Å². The zero-order chi connectivity index (χ0) is 16.5. The smallest absolute Gasteiger partial charge is 0.335 e. The Labute approximate surface area is 139 Å². The van der Waals surface area contributed by atoms with Crippen molar-refractivity contribution in [1.82, 2.24) is 4.90 Å². The van der Waals surface area contributed by atoms with Gasteiger partial charge in [-0.15, -0.1) is 0 Å². The molecule has 2 aromatic carbocycles. The number of hydrogen-bond acceptors (Lipinski definition) is 3. The van der Waals surface area contributed by atoms with E-state index in [2.05, 4.69) is 12.1 Å². The second-order valence-corrected chi connectivity index (χ2v) is 6.50. The van der Waals surface area contributed by atoms with Crippen LogP contribution < -0.4 is 0 Å². The molecule has 5 rings (SSSR count). The summed E-state index contributed by atoms with van der Waals surface area (Å²) in [5.41, 5.74) is 4.04. The molecule has 118 valence electrons. The van der Waals surface area contributed by atoms with Crippen molar-refractivity contribution in [2.45, 2.75) is 17.9 Å². The molecule has 1 spiro atoms. The van der Waals surface area contributed by atoms with Gasteiger partial charge in [-0.05, 0) is 29.2 Å². The van der Waals surface area contributed by atoms with Gasteiger partial charge in [0.2, 0.25) is 0 Å². The Bertz CT molecular complexity index is 945. The van der Waals surface area contributed by atoms with Crippen molar-refractivity contribution in [3.05, 3.63) is 82.6 Å². The number of carbonyl (C=O) groups excluding carboxylic acids is 2. The van der Waals surface area contributed by atoms with Crippen LogP contribution in [0.3, 0.4) is 0 Å². The van der Waals surface area contributed by atoms with Crippen LogP contribution in [0.5, 0.6) is 0 Å². The van der Waals surface area contributed by atoms with Gasteiger partial charge in [-0.3, -0.25) is 4.79 Å². The highest BCUT2D eigenvalue weighted by molar-refractivity contribution is 6.04. The van der Waals surface area contributed by atoms with Gasteiger partial charge in [0.1, 0.15) is 0 Å². The van der Waals surface area contributed by atoms with Crippen molar-refractivity contribution in [3.8, 4) is 0 Å². The Balaban J connectivity index is 1.86. The van der Waals surface area contributed by atoms with E-state index in [-0.39, 0.29) is 17.8 Å². The highest BCUT2D eigenvalue weighted by Gasteiger charge is 2.59. The summed E-state index contributed by atoms with van der Waals surface area (Å²) in [7, 11) is 1.38. The Hall–Kier alpha value is -2.88. The first-order valence-corrected chi connectivity index (χ1v) is 8.01. The fourth-order valence-electron chi connectivity index (χ4n) is 4.63. The third-order valence-electron chi connectivity index (χ3n) is 5.58. The van der Waals surface area contributed by atoms with E-state index in [1.807, 2.05) is 36.4 Å². The topological polar surface area (TPSA) is 46.6 Å². The predicted molar refractivity (Wildman–Crippen MR) is 87.3 cm³/mol. The van der Waals surface area contributed by atoms with Gasteiger partial charge in [0.25, 0.3) is 5.91 Å². The summed E-state index contributed by atoms with van der Waals surface area (Å²) in [5.74, 6) is -0.458. The van der Waals surface area contributed by atoms with E-state index >= 15 is 0 Å². The predicted octanol–water partition coefficient (Wildman–Crippen LogP) is 2.94. The van der Waals surface area contributed by atoms with Crippen LogP contribution in [0.1, 0.15) is 39.4 Å². The van der Waals surface area contributed by atoms with Crippen molar-refractivity contribution in [2.24, 2.45) is 0 Å². The van der Waals surface area contributed by atoms with E-state index in [9.17, 15) is 9.59 Å². The van der Waals surface area contributed by atoms with Crippen LogP contribution in [0.4, 0.5) is 0 Å². The molecule has 1 amide bonds. The van der Waals surface area contributed by atoms with E-state index in [4.69, 9.17) is 4.74 Å². The number of esters is 1. The van der Waals surface area contributed by atoms with E-state index in [0.717, 1.165) is 22.3 Å². The summed E-state index contributed by atoms with van der Waals surface area (Å²) >= 11 is 0. The standard InChI is InChI=1S/C20H15NO3/c1-24-19(23)15-11-21-18(22)13-7-3-5-9-17(13)20(21)10-14(15)12-6-2-4-8-16(12)20/h2-9,11,14H,10H2,1H3/t14-,20+/m1/s1. The molecule has 0 fully saturated rings. The van der Waals surface area contributed by atoms with Crippen LogP contribution in [0, 0.1) is 0 Å². The highest BCUT2D eigenvalue weighted by Crippen LogP contribution is 2.60. The minimum Gasteiger partial charge on any atom is -0.466 e. The number of rotatable bonds is 1. The molecule has 4 heteroatoms. The number of ether oxygens (including phenoxy) is 1. The quantitative estimate of drug-likeness (QED) is 0.760. The third-order valence-corrected chi connectivity index (χ3v) is 5.58. The average molecular weight is 317 g/mol. The molecule has 0 N–H and O–H groups in total. The number of methoxy groups -OCH3 is 1. The Kier molecular flexibility index (Phi) is 2.46. The average Bonchev–Trinajstić information content (AvgIpc) is 3.06. The van der Waals surface area contributed by atoms with Crippen LogP contribution in [0.15, 0.2) is 60.3 Å². The van der Waals surface area contributed by atoms with Gasteiger partial charge in [0.05, 0.1) is 18.2 Å². The van der Waals surface area contributed by atoms with Crippen LogP contribution in [-0.4, -0.2) is 23.9 Å². The summed E-state index contributed by atoms with van der Waals surface area (Å²) in [6.45, 7) is 0. The van der Waals surface area contributed by atoms with Crippen LogP contribution >= 0.6 is 0 Å². The fraction of sp³-hybridized carbons (Fsp3) is 0.200. The monoisotopic (exact) mass is 317 g/mol. The number of hydrogen-bond donors (Lipinski definition) is 0. The van der Waals surface area contributed by atoms with E-state index in [0.29, 0.717) is 12.0 Å². The molecule has 0 aromatic heterocycles. The van der Waals surface area contributed by atoms with Gasteiger partial charge in [0, 0.05) is 17.7 Å². The van der Waals surface area contributed by atoms with Crippen molar-refractivity contribution < 1.29 is 14.3 Å². The minimum absolute atomic E-state index is 0.0381. The van der Waals surface area contributed by atoms with Gasteiger partial charge >= 0.3 is 5.97 Å². The molecule has 24 heavy (non-hydrogen) atoms. The van der Waals surface area contributed by atoms with Crippen molar-refractivity contribution in [1.29, 1.82) is 0 Å². The lowest BCUT2D eigenvalue weighted by atomic mass is 9.81. The molecule has 0 unspecified atom stereocenters. The lowest BCUT2D eigenvalue weighted by Gasteiger charge is -2.38. The zero-order valence-electron chi connectivity index (χ0n) is 13.2. The number of fused-ring (bicyclic) bond motifs is 4. The first-order valence-electron chi connectivity index (χ1n) is 8.01. The van der Waals surface area contributed by atoms with E-state index in [1.54, 1.807) is 11.1 Å². The lowest BCUT2D eigenvalue weighted by Crippen LogP contribution is -2.42. The van der Waals surface area contributed by atoms with Crippen LogP contribution in [0.2, 0.25) is 0 Å². The molecule has 2 aliphatic heterocycles. The number of nitrogens with zero attached hydrogens (tertiary/aromatic N) is 1. The number of carbonyl (C=O) groups is 2. The largest absolute Gasteiger partial charge is 0.466 e. The summed E-state index contributed by atoms with van der Waals surface area (Å²) in [6.07, 6.45) is 2.40. The molecule has 4 nitrogen and oxygen atoms in total. The molecular weight excluding hydrogens is 302 g/mol. The van der Waals surface area contributed by atoms with Crippen molar-refractivity contribution >= 4 is 11.9 Å². The first-order chi connectivity index (χ1) is 11.7. The molecule has 0 radical (unpaired) electrons. The summed E-state index contributed by atoms with van der Waals surface area (Å²) < 4.78 is 4.97. The molecule has 3 aliphatic rings. The molecule has 2 heterocycles. The second-order valence-electron chi connectivity index (χ2n) is 6.50. The Morgan fingerprint density at radius 3 is 2.62 bits per heavy atom. The van der Waals surface area contributed by atoms with Crippen molar-refractivity contribution in [2.75, 3.05) is 7.11 Å². The van der Waals surface area contributed by atoms with E-state index in [1.165, 1.54) is 7.11 Å². The molecule has 2 bridgehead atoms.